The SMILES string of the molecule is CC1(C)CN(CC2(N)CCCC2)CC(C)(C)O1. The van der Waals surface area contributed by atoms with Crippen molar-refractivity contribution in [2.24, 2.45) is 5.73 Å². The Morgan fingerprint density at radius 2 is 1.47 bits per heavy atom. The van der Waals surface area contributed by atoms with E-state index >= 15 is 0 Å². The van der Waals surface area contributed by atoms with E-state index in [0.29, 0.717) is 0 Å². The molecule has 0 atom stereocenters. The minimum atomic E-state index is -0.0588. The largest absolute Gasteiger partial charge is 0.367 e. The molecule has 1 aliphatic heterocycles. The van der Waals surface area contributed by atoms with Crippen molar-refractivity contribution in [2.75, 3.05) is 19.6 Å². The van der Waals surface area contributed by atoms with Gasteiger partial charge in [0.05, 0.1) is 11.2 Å². The first-order valence-electron chi connectivity index (χ1n) is 6.91. The number of hydrogen-bond donors (Lipinski definition) is 1. The molecular formula is C14H28N2O. The fourth-order valence-electron chi connectivity index (χ4n) is 3.74. The molecule has 0 amide bonds. The van der Waals surface area contributed by atoms with E-state index in [1.807, 2.05) is 0 Å². The van der Waals surface area contributed by atoms with Gasteiger partial charge in [0.1, 0.15) is 0 Å². The number of nitrogens with two attached hydrogens (primary N) is 1. The van der Waals surface area contributed by atoms with E-state index in [2.05, 4.69) is 32.6 Å². The van der Waals surface area contributed by atoms with Gasteiger partial charge in [-0.1, -0.05) is 12.8 Å². The summed E-state index contributed by atoms with van der Waals surface area (Å²) in [7, 11) is 0. The third-order valence-corrected chi connectivity index (χ3v) is 3.90. The second kappa shape index (κ2) is 4.22. The second-order valence-corrected chi connectivity index (χ2v) is 7.34. The van der Waals surface area contributed by atoms with Gasteiger partial charge in [-0.25, -0.2) is 0 Å². The van der Waals surface area contributed by atoms with Crippen LogP contribution in [0.25, 0.3) is 0 Å². The molecule has 0 unspecified atom stereocenters. The van der Waals surface area contributed by atoms with Gasteiger partial charge in [0.2, 0.25) is 0 Å². The monoisotopic (exact) mass is 240 g/mol. The van der Waals surface area contributed by atoms with E-state index in [0.717, 1.165) is 19.6 Å². The Labute approximate surface area is 106 Å². The summed E-state index contributed by atoms with van der Waals surface area (Å²) in [6.45, 7) is 11.7. The lowest BCUT2D eigenvalue weighted by Crippen LogP contribution is -2.61. The fraction of sp³-hybridized carbons (Fsp3) is 1.00. The summed E-state index contributed by atoms with van der Waals surface area (Å²) in [5, 5.41) is 0. The highest BCUT2D eigenvalue weighted by molar-refractivity contribution is 4.96. The average molecular weight is 240 g/mol. The fourth-order valence-corrected chi connectivity index (χ4v) is 3.74. The molecule has 1 aliphatic carbocycles. The van der Waals surface area contributed by atoms with Crippen LogP contribution < -0.4 is 5.73 Å². The van der Waals surface area contributed by atoms with E-state index < -0.39 is 0 Å². The van der Waals surface area contributed by atoms with E-state index in [-0.39, 0.29) is 16.7 Å². The normalized spacial score (nSPS) is 31.6. The van der Waals surface area contributed by atoms with Crippen LogP contribution in [0.2, 0.25) is 0 Å². The maximum Gasteiger partial charge on any atom is 0.0760 e. The summed E-state index contributed by atoms with van der Waals surface area (Å²) < 4.78 is 6.11. The molecule has 100 valence electrons. The van der Waals surface area contributed by atoms with E-state index in [1.54, 1.807) is 0 Å². The third-order valence-electron chi connectivity index (χ3n) is 3.90. The quantitative estimate of drug-likeness (QED) is 0.804. The molecule has 17 heavy (non-hydrogen) atoms. The molecule has 0 aromatic rings. The predicted molar refractivity (Wildman–Crippen MR) is 71.1 cm³/mol. The van der Waals surface area contributed by atoms with Crippen LogP contribution in [0.5, 0.6) is 0 Å². The smallest absolute Gasteiger partial charge is 0.0760 e. The molecule has 1 heterocycles. The van der Waals surface area contributed by atoms with Crippen LogP contribution in [0, 0.1) is 0 Å². The van der Waals surface area contributed by atoms with Crippen LogP contribution in [-0.4, -0.2) is 41.3 Å². The molecule has 0 aromatic carbocycles. The standard InChI is InChI=1S/C14H28N2O/c1-12(2)9-16(10-13(3,4)17-12)11-14(15)7-5-6-8-14/h5-11,15H2,1-4H3. The van der Waals surface area contributed by atoms with Gasteiger partial charge in [0.25, 0.3) is 0 Å². The van der Waals surface area contributed by atoms with Gasteiger partial charge >= 0.3 is 0 Å². The Bertz CT molecular complexity index is 264. The zero-order chi connectivity index (χ0) is 12.7. The molecular weight excluding hydrogens is 212 g/mol. The number of rotatable bonds is 2. The van der Waals surface area contributed by atoms with Crippen molar-refractivity contribution in [3.05, 3.63) is 0 Å². The highest BCUT2D eigenvalue weighted by atomic mass is 16.5. The van der Waals surface area contributed by atoms with Crippen LogP contribution >= 0.6 is 0 Å². The Kier molecular flexibility index (Phi) is 3.30. The lowest BCUT2D eigenvalue weighted by Gasteiger charge is -2.49. The molecule has 1 saturated heterocycles. The van der Waals surface area contributed by atoms with Crippen molar-refractivity contribution in [3.8, 4) is 0 Å². The molecule has 2 aliphatic rings. The first kappa shape index (κ1) is 13.3. The lowest BCUT2D eigenvalue weighted by molar-refractivity contribution is -0.182. The molecule has 0 spiro atoms. The van der Waals surface area contributed by atoms with Gasteiger partial charge in [-0.15, -0.1) is 0 Å². The zero-order valence-electron chi connectivity index (χ0n) is 11.9. The van der Waals surface area contributed by atoms with Crippen molar-refractivity contribution in [3.63, 3.8) is 0 Å². The van der Waals surface area contributed by atoms with Gasteiger partial charge in [-0.05, 0) is 40.5 Å². The van der Waals surface area contributed by atoms with Gasteiger partial charge in [-0.2, -0.15) is 0 Å². The number of nitrogens with zero attached hydrogens (tertiary/aromatic N) is 1. The number of ether oxygens (including phenoxy) is 1. The van der Waals surface area contributed by atoms with Crippen LogP contribution in [0.1, 0.15) is 53.4 Å². The zero-order valence-corrected chi connectivity index (χ0v) is 11.9. The average Bonchev–Trinajstić information content (AvgIpc) is 2.44. The van der Waals surface area contributed by atoms with E-state index in [1.165, 1.54) is 25.7 Å². The first-order valence-corrected chi connectivity index (χ1v) is 6.91. The summed E-state index contributed by atoms with van der Waals surface area (Å²) >= 11 is 0. The number of morpholine rings is 1. The summed E-state index contributed by atoms with van der Waals surface area (Å²) in [5.41, 5.74) is 6.43. The molecule has 2 N–H and O–H groups in total. The van der Waals surface area contributed by atoms with E-state index in [9.17, 15) is 0 Å². The van der Waals surface area contributed by atoms with Gasteiger partial charge < -0.3 is 10.5 Å². The van der Waals surface area contributed by atoms with Gasteiger partial charge in [0.15, 0.2) is 0 Å². The van der Waals surface area contributed by atoms with Gasteiger partial charge in [0, 0.05) is 25.2 Å². The van der Waals surface area contributed by atoms with Gasteiger partial charge in [-0.3, -0.25) is 4.90 Å². The maximum atomic E-state index is 6.48. The minimum absolute atomic E-state index is 0.0588. The lowest BCUT2D eigenvalue weighted by atomic mass is 9.94. The van der Waals surface area contributed by atoms with Crippen molar-refractivity contribution < 1.29 is 4.74 Å². The molecule has 2 rings (SSSR count). The summed E-state index contributed by atoms with van der Waals surface area (Å²) in [5.74, 6) is 0. The highest BCUT2D eigenvalue weighted by Crippen LogP contribution is 2.32. The Hall–Kier alpha value is -0.120. The molecule has 0 aromatic heterocycles. The Balaban J connectivity index is 2.01. The predicted octanol–water partition coefficient (Wildman–Crippen LogP) is 2.15. The summed E-state index contributed by atoms with van der Waals surface area (Å²) in [6.07, 6.45) is 4.97. The molecule has 1 saturated carbocycles. The topological polar surface area (TPSA) is 38.5 Å². The molecule has 0 bridgehead atoms. The van der Waals surface area contributed by atoms with Crippen molar-refractivity contribution in [1.29, 1.82) is 0 Å². The maximum absolute atomic E-state index is 6.48. The number of hydrogen-bond acceptors (Lipinski definition) is 3. The molecule has 2 fully saturated rings. The first-order chi connectivity index (χ1) is 7.70. The molecule has 3 nitrogen and oxygen atoms in total. The van der Waals surface area contributed by atoms with Crippen molar-refractivity contribution in [2.45, 2.75) is 70.1 Å². The van der Waals surface area contributed by atoms with Crippen LogP contribution in [0.4, 0.5) is 0 Å². The van der Waals surface area contributed by atoms with Crippen LogP contribution in [0.15, 0.2) is 0 Å². The minimum Gasteiger partial charge on any atom is -0.367 e. The highest BCUT2D eigenvalue weighted by Gasteiger charge is 2.41. The Morgan fingerprint density at radius 3 is 1.94 bits per heavy atom. The summed E-state index contributed by atoms with van der Waals surface area (Å²) in [6, 6.07) is 0. The van der Waals surface area contributed by atoms with Crippen LogP contribution in [-0.2, 0) is 4.74 Å². The van der Waals surface area contributed by atoms with Crippen LogP contribution in [0.3, 0.4) is 0 Å². The van der Waals surface area contributed by atoms with E-state index in [4.69, 9.17) is 10.5 Å². The third kappa shape index (κ3) is 3.43. The van der Waals surface area contributed by atoms with Crippen molar-refractivity contribution in [1.82, 2.24) is 4.90 Å². The molecule has 0 radical (unpaired) electrons. The second-order valence-electron chi connectivity index (χ2n) is 7.34. The summed E-state index contributed by atoms with van der Waals surface area (Å²) in [4.78, 5) is 2.51. The molecule has 3 heteroatoms. The van der Waals surface area contributed by atoms with Crippen molar-refractivity contribution >= 4 is 0 Å². The Morgan fingerprint density at radius 1 is 1.00 bits per heavy atom.